The monoisotopic (exact) mass is 850 g/mol. The normalized spacial score (nSPS) is 15.4. The number of rotatable bonds is 37. The van der Waals surface area contributed by atoms with Gasteiger partial charge in [0.2, 0.25) is 0 Å². The molecule has 0 saturated carbocycles. The maximum atomic E-state index is 12.6. The van der Waals surface area contributed by atoms with E-state index < -0.39 is 72.3 Å². The zero-order valence-electron chi connectivity index (χ0n) is 34.4. The van der Waals surface area contributed by atoms with E-state index in [4.69, 9.17) is 23.8 Å². The van der Waals surface area contributed by atoms with Gasteiger partial charge in [0.25, 0.3) is 0 Å². The maximum Gasteiger partial charge on any atom is 0.472 e. The Kier molecular flexibility index (Phi) is 34.3. The molecule has 57 heavy (non-hydrogen) atoms. The van der Waals surface area contributed by atoms with E-state index in [1.807, 2.05) is 61.6 Å². The number of phosphoric ester groups is 2. The summed E-state index contributed by atoms with van der Waals surface area (Å²) in [6.45, 7) is 3.70. The fourth-order valence-electron chi connectivity index (χ4n) is 5.06. The first kappa shape index (κ1) is 54.8. The van der Waals surface area contributed by atoms with E-state index in [1.165, 1.54) is 32.1 Å². The highest BCUT2D eigenvalue weighted by molar-refractivity contribution is 7.47. The van der Waals surface area contributed by atoms with Gasteiger partial charge in [-0.1, -0.05) is 139 Å². The molecule has 0 rings (SSSR count). The second-order valence-corrected chi connectivity index (χ2v) is 16.9. The maximum absolute atomic E-state index is 12.6. The number of ether oxygens (including phenoxy) is 2. The summed E-state index contributed by atoms with van der Waals surface area (Å²) in [5.74, 6) is -0.384. The standard InChI is InChI=1S/C41H72O14P2/c1-4-5-28-37(42)29-24-20-16-12-8-6-7-9-13-17-21-25-30-40(44)51-34-39(35-54-57(49,50)53-33-38(43)32-52-56(46,47)48)55-41(45)31-26-22-18-14-10-11-15-19-23-27-36(2)3/h5-7,12-13,16-17,20,24,28,36-39,42-43H,4,8-11,14-15,18-19,21-23,25-27,29-35H2,1-3H3,(H,49,50)(H2,46,47,48)/b7-6-,16-12-,17-13-,24-20+,28-5-/t37?,38-,39+/m0/s1. The zero-order valence-corrected chi connectivity index (χ0v) is 36.2. The van der Waals surface area contributed by atoms with Gasteiger partial charge in [-0.15, -0.1) is 0 Å². The van der Waals surface area contributed by atoms with Gasteiger partial charge in [0.05, 0.1) is 25.9 Å². The van der Waals surface area contributed by atoms with Gasteiger partial charge < -0.3 is 34.4 Å². The van der Waals surface area contributed by atoms with Gasteiger partial charge >= 0.3 is 27.6 Å². The van der Waals surface area contributed by atoms with Crippen LogP contribution in [0.15, 0.2) is 60.8 Å². The predicted octanol–water partition coefficient (Wildman–Crippen LogP) is 8.88. The van der Waals surface area contributed by atoms with Crippen LogP contribution in [0.4, 0.5) is 0 Å². The smallest absolute Gasteiger partial charge is 0.462 e. The molecule has 0 radical (unpaired) electrons. The second-order valence-electron chi connectivity index (χ2n) is 14.2. The summed E-state index contributed by atoms with van der Waals surface area (Å²) in [6.07, 6.45) is 31.6. The molecule has 0 aliphatic carbocycles. The SMILES string of the molecule is CC/C=C\C(O)C/C=C/C=C\C/C=C\C/C=C\CCCC(=O)OC[C@H](COP(=O)(O)OC[C@@H](O)COP(=O)(O)O)OC(=O)CCCCCCCCCCCC(C)C. The molecule has 0 aromatic heterocycles. The molecule has 0 aromatic rings. The fraction of sp³-hybridized carbons (Fsp3) is 0.707. The Morgan fingerprint density at radius 2 is 1.19 bits per heavy atom. The Balaban J connectivity index is 4.67. The number of unbranched alkanes of at least 4 members (excludes halogenated alkanes) is 9. The topological polar surface area (TPSA) is 216 Å². The molecule has 0 bridgehead atoms. The zero-order chi connectivity index (χ0) is 42.6. The van der Waals surface area contributed by atoms with Crippen LogP contribution in [0.25, 0.3) is 0 Å². The van der Waals surface area contributed by atoms with Gasteiger partial charge in [-0.3, -0.25) is 23.2 Å². The lowest BCUT2D eigenvalue weighted by Crippen LogP contribution is -2.30. The molecular weight excluding hydrogens is 778 g/mol. The van der Waals surface area contributed by atoms with Crippen LogP contribution < -0.4 is 0 Å². The van der Waals surface area contributed by atoms with Crippen molar-refractivity contribution in [3.05, 3.63) is 60.8 Å². The third kappa shape index (κ3) is 40.3. The van der Waals surface area contributed by atoms with E-state index in [9.17, 15) is 33.8 Å². The van der Waals surface area contributed by atoms with E-state index in [-0.39, 0.29) is 12.8 Å². The minimum absolute atomic E-state index is 0.0973. The highest BCUT2D eigenvalue weighted by Crippen LogP contribution is 2.43. The molecule has 4 atom stereocenters. The summed E-state index contributed by atoms with van der Waals surface area (Å²) >= 11 is 0. The van der Waals surface area contributed by atoms with Crippen molar-refractivity contribution in [2.24, 2.45) is 5.92 Å². The van der Waals surface area contributed by atoms with Crippen molar-refractivity contribution in [3.8, 4) is 0 Å². The van der Waals surface area contributed by atoms with Crippen LogP contribution in [0.3, 0.4) is 0 Å². The largest absolute Gasteiger partial charge is 0.472 e. The van der Waals surface area contributed by atoms with Gasteiger partial charge in [-0.2, -0.15) is 0 Å². The Morgan fingerprint density at radius 1 is 0.632 bits per heavy atom. The lowest BCUT2D eigenvalue weighted by Gasteiger charge is -2.20. The molecule has 330 valence electrons. The molecule has 0 amide bonds. The summed E-state index contributed by atoms with van der Waals surface area (Å²) in [4.78, 5) is 52.5. The number of carbonyl (C=O) groups excluding carboxylic acids is 2. The second kappa shape index (κ2) is 35.7. The first-order valence-electron chi connectivity index (χ1n) is 20.4. The van der Waals surface area contributed by atoms with E-state index >= 15 is 0 Å². The van der Waals surface area contributed by atoms with E-state index in [0.717, 1.165) is 50.9 Å². The molecule has 0 aliphatic rings. The van der Waals surface area contributed by atoms with Crippen molar-refractivity contribution in [2.45, 2.75) is 155 Å². The lowest BCUT2D eigenvalue weighted by molar-refractivity contribution is -0.161. The Labute approximate surface area is 341 Å². The average Bonchev–Trinajstić information content (AvgIpc) is 3.15. The number of aliphatic hydroxyl groups excluding tert-OH is 2. The number of esters is 2. The van der Waals surface area contributed by atoms with Crippen LogP contribution in [0, 0.1) is 5.92 Å². The molecule has 0 fully saturated rings. The van der Waals surface area contributed by atoms with Gasteiger partial charge in [-0.25, -0.2) is 9.13 Å². The molecular formula is C41H72O14P2. The van der Waals surface area contributed by atoms with Crippen molar-refractivity contribution in [3.63, 3.8) is 0 Å². The molecule has 0 saturated heterocycles. The molecule has 0 heterocycles. The third-order valence-corrected chi connectivity index (χ3v) is 9.60. The number of allylic oxidation sites excluding steroid dienone is 8. The van der Waals surface area contributed by atoms with Gasteiger partial charge in [-0.05, 0) is 50.9 Å². The summed E-state index contributed by atoms with van der Waals surface area (Å²) < 4.78 is 47.6. The van der Waals surface area contributed by atoms with Crippen LogP contribution >= 0.6 is 15.6 Å². The van der Waals surface area contributed by atoms with Crippen molar-refractivity contribution < 1.29 is 66.7 Å². The van der Waals surface area contributed by atoms with Gasteiger partial charge in [0, 0.05) is 12.8 Å². The number of hydrogen-bond acceptors (Lipinski definition) is 11. The highest BCUT2D eigenvalue weighted by atomic mass is 31.2. The van der Waals surface area contributed by atoms with E-state index in [2.05, 4.69) is 22.9 Å². The average molecular weight is 851 g/mol. The first-order valence-corrected chi connectivity index (χ1v) is 23.5. The summed E-state index contributed by atoms with van der Waals surface area (Å²) in [6, 6.07) is 0. The van der Waals surface area contributed by atoms with Crippen LogP contribution in [0.1, 0.15) is 136 Å². The quantitative estimate of drug-likeness (QED) is 0.0130. The number of hydrogen-bond donors (Lipinski definition) is 5. The summed E-state index contributed by atoms with van der Waals surface area (Å²) in [5, 5.41) is 19.5. The van der Waals surface area contributed by atoms with E-state index in [0.29, 0.717) is 25.7 Å². The van der Waals surface area contributed by atoms with Crippen LogP contribution in [-0.2, 0) is 41.8 Å². The summed E-state index contributed by atoms with van der Waals surface area (Å²) in [5.41, 5.74) is 0. The van der Waals surface area contributed by atoms with Crippen molar-refractivity contribution in [2.75, 3.05) is 26.4 Å². The highest BCUT2D eigenvalue weighted by Gasteiger charge is 2.28. The van der Waals surface area contributed by atoms with Gasteiger partial charge in [0.15, 0.2) is 6.10 Å². The molecule has 5 N–H and O–H groups in total. The Bertz CT molecular complexity index is 1270. The Morgan fingerprint density at radius 3 is 1.84 bits per heavy atom. The molecule has 0 spiro atoms. The molecule has 16 heteroatoms. The molecule has 14 nitrogen and oxygen atoms in total. The molecule has 0 aromatic carbocycles. The van der Waals surface area contributed by atoms with Crippen LogP contribution in [-0.4, -0.2) is 81.6 Å². The summed E-state index contributed by atoms with van der Waals surface area (Å²) in [7, 11) is -9.70. The lowest BCUT2D eigenvalue weighted by atomic mass is 10.0. The van der Waals surface area contributed by atoms with Gasteiger partial charge in [0.1, 0.15) is 12.7 Å². The van der Waals surface area contributed by atoms with Crippen molar-refractivity contribution >= 4 is 27.6 Å². The molecule has 2 unspecified atom stereocenters. The molecule has 0 aliphatic heterocycles. The minimum Gasteiger partial charge on any atom is -0.462 e. The Hall–Kier alpha value is -2.22. The first-order chi connectivity index (χ1) is 27.1. The van der Waals surface area contributed by atoms with Crippen LogP contribution in [0.2, 0.25) is 0 Å². The van der Waals surface area contributed by atoms with Crippen LogP contribution in [0.5, 0.6) is 0 Å². The number of phosphoric acid groups is 2. The number of aliphatic hydroxyl groups is 2. The predicted molar refractivity (Wildman–Crippen MR) is 222 cm³/mol. The third-order valence-electron chi connectivity index (χ3n) is 8.16. The fourth-order valence-corrected chi connectivity index (χ4v) is 6.21. The number of carbonyl (C=O) groups is 2. The van der Waals surface area contributed by atoms with Crippen molar-refractivity contribution in [1.82, 2.24) is 0 Å². The minimum atomic E-state index is -4.87. The van der Waals surface area contributed by atoms with E-state index in [1.54, 1.807) is 6.08 Å². The van der Waals surface area contributed by atoms with Crippen molar-refractivity contribution in [1.29, 1.82) is 0 Å².